The summed E-state index contributed by atoms with van der Waals surface area (Å²) in [7, 11) is -1.66. The van der Waals surface area contributed by atoms with Gasteiger partial charge in [0.15, 0.2) is 8.32 Å². The zero-order chi connectivity index (χ0) is 12.8. The van der Waals surface area contributed by atoms with Gasteiger partial charge in [0.2, 0.25) is 5.12 Å². The molecular weight excluding hydrogens is 236 g/mol. The first-order valence-electron chi connectivity index (χ1n) is 5.37. The van der Waals surface area contributed by atoms with E-state index in [-0.39, 0.29) is 10.2 Å². The number of carbonyl (C=O) groups excluding carboxylic acids is 1. The summed E-state index contributed by atoms with van der Waals surface area (Å²) in [6.07, 6.45) is 1.36. The summed E-state index contributed by atoms with van der Waals surface area (Å²) in [5, 5.41) is 0.219. The first-order chi connectivity index (χ1) is 7.20. The van der Waals surface area contributed by atoms with Crippen LogP contribution >= 0.6 is 11.8 Å². The number of rotatable bonds is 5. The molecule has 0 unspecified atom stereocenters. The molecule has 0 aliphatic heterocycles. The Morgan fingerprint density at radius 1 is 1.50 bits per heavy atom. The number of hydrogen-bond donors (Lipinski definition) is 0. The molecule has 0 bridgehead atoms. The van der Waals surface area contributed by atoms with E-state index in [1.165, 1.54) is 17.8 Å². The second-order valence-electron chi connectivity index (χ2n) is 5.12. The van der Waals surface area contributed by atoms with Gasteiger partial charge in [0.1, 0.15) is 0 Å². The molecule has 0 aromatic carbocycles. The zero-order valence-corrected chi connectivity index (χ0v) is 12.7. The van der Waals surface area contributed by atoms with E-state index in [1.54, 1.807) is 0 Å². The Balaban J connectivity index is 3.91. The molecular formula is C12H22O2SSi. The highest BCUT2D eigenvalue weighted by Gasteiger charge is 2.36. The molecule has 0 aromatic heterocycles. The first-order valence-corrected chi connectivity index (χ1v) is 9.26. The molecule has 0 aliphatic rings. The lowest BCUT2D eigenvalue weighted by Crippen LogP contribution is -2.41. The third-order valence-electron chi connectivity index (χ3n) is 2.82. The molecule has 0 radical (unpaired) electrons. The van der Waals surface area contributed by atoms with Gasteiger partial charge in [0.05, 0.1) is 0 Å². The minimum atomic E-state index is -1.66. The standard InChI is InChI=1S/C12H22O2SSi/c1-7-8-11(13)15-10-9-14-16(5,6)12(2,3)4/h8H,1,9-10H2,2-6H3. The molecule has 0 spiro atoms. The van der Waals surface area contributed by atoms with E-state index in [0.29, 0.717) is 12.4 Å². The van der Waals surface area contributed by atoms with Crippen LogP contribution in [0, 0.1) is 0 Å². The molecule has 0 amide bonds. The minimum Gasteiger partial charge on any atom is -0.416 e. The van der Waals surface area contributed by atoms with Crippen molar-refractivity contribution in [1.29, 1.82) is 0 Å². The Morgan fingerprint density at radius 2 is 2.06 bits per heavy atom. The molecule has 0 fully saturated rings. The second kappa shape index (κ2) is 6.45. The molecule has 0 saturated heterocycles. The average Bonchev–Trinajstić information content (AvgIpc) is 2.11. The smallest absolute Gasteiger partial charge is 0.219 e. The Morgan fingerprint density at radius 3 is 2.50 bits per heavy atom. The molecule has 92 valence electrons. The monoisotopic (exact) mass is 258 g/mol. The van der Waals surface area contributed by atoms with Crippen molar-refractivity contribution in [2.24, 2.45) is 0 Å². The summed E-state index contributed by atoms with van der Waals surface area (Å²) >= 11 is 1.25. The molecule has 0 saturated carbocycles. The van der Waals surface area contributed by atoms with E-state index >= 15 is 0 Å². The van der Waals surface area contributed by atoms with Crippen molar-refractivity contribution in [3.63, 3.8) is 0 Å². The quantitative estimate of drug-likeness (QED) is 0.326. The molecule has 4 heteroatoms. The van der Waals surface area contributed by atoms with Crippen LogP contribution in [-0.4, -0.2) is 25.8 Å². The predicted molar refractivity (Wildman–Crippen MR) is 74.3 cm³/mol. The molecule has 16 heavy (non-hydrogen) atoms. The SMILES string of the molecule is C=C=CC(=O)SCCO[Si](C)(C)C(C)(C)C. The Kier molecular flexibility index (Phi) is 6.34. The predicted octanol–water partition coefficient (Wildman–Crippen LogP) is 3.61. The molecule has 0 N–H and O–H groups in total. The van der Waals surface area contributed by atoms with Crippen LogP contribution < -0.4 is 0 Å². The highest BCUT2D eigenvalue weighted by atomic mass is 32.2. The lowest BCUT2D eigenvalue weighted by atomic mass is 10.2. The lowest BCUT2D eigenvalue weighted by Gasteiger charge is -2.36. The van der Waals surface area contributed by atoms with Gasteiger partial charge in [-0.1, -0.05) is 39.1 Å². The van der Waals surface area contributed by atoms with Crippen molar-refractivity contribution < 1.29 is 9.22 Å². The summed E-state index contributed by atoms with van der Waals surface area (Å²) in [6, 6.07) is 0. The second-order valence-corrected chi connectivity index (χ2v) is 11.0. The van der Waals surface area contributed by atoms with E-state index in [0.717, 1.165) is 0 Å². The van der Waals surface area contributed by atoms with Crippen molar-refractivity contribution in [2.75, 3.05) is 12.4 Å². The van der Waals surface area contributed by atoms with Crippen LogP contribution in [0.2, 0.25) is 18.1 Å². The topological polar surface area (TPSA) is 26.3 Å². The van der Waals surface area contributed by atoms with Gasteiger partial charge >= 0.3 is 0 Å². The van der Waals surface area contributed by atoms with Gasteiger partial charge in [0.25, 0.3) is 0 Å². The summed E-state index contributed by atoms with van der Waals surface area (Å²) in [5.41, 5.74) is 2.47. The molecule has 0 atom stereocenters. The Bertz CT molecular complexity index is 286. The molecule has 0 aliphatic carbocycles. The van der Waals surface area contributed by atoms with Crippen LogP contribution in [0.5, 0.6) is 0 Å². The fourth-order valence-electron chi connectivity index (χ4n) is 0.781. The maximum Gasteiger partial charge on any atom is 0.219 e. The number of carbonyl (C=O) groups is 1. The van der Waals surface area contributed by atoms with Crippen LogP contribution in [0.1, 0.15) is 20.8 Å². The molecule has 2 nitrogen and oxygen atoms in total. The zero-order valence-electron chi connectivity index (χ0n) is 10.9. The summed E-state index contributed by atoms with van der Waals surface area (Å²) in [4.78, 5) is 11.1. The summed E-state index contributed by atoms with van der Waals surface area (Å²) < 4.78 is 5.94. The van der Waals surface area contributed by atoms with Gasteiger partial charge in [-0.15, -0.1) is 5.73 Å². The van der Waals surface area contributed by atoms with Gasteiger partial charge in [-0.2, -0.15) is 0 Å². The third kappa shape index (κ3) is 5.71. The molecule has 0 heterocycles. The fourth-order valence-corrected chi connectivity index (χ4v) is 2.51. The normalized spacial score (nSPS) is 12.1. The minimum absolute atomic E-state index is 0.00571. The lowest BCUT2D eigenvalue weighted by molar-refractivity contribution is -0.107. The van der Waals surface area contributed by atoms with Crippen molar-refractivity contribution in [2.45, 2.75) is 38.9 Å². The van der Waals surface area contributed by atoms with Crippen LogP contribution in [0.15, 0.2) is 18.4 Å². The summed E-state index contributed by atoms with van der Waals surface area (Å²) in [6.45, 7) is 15.0. The van der Waals surface area contributed by atoms with Gasteiger partial charge in [-0.25, -0.2) is 0 Å². The van der Waals surface area contributed by atoms with Gasteiger partial charge < -0.3 is 4.43 Å². The summed E-state index contributed by atoms with van der Waals surface area (Å²) in [5.74, 6) is 0.698. The van der Waals surface area contributed by atoms with E-state index < -0.39 is 8.32 Å². The van der Waals surface area contributed by atoms with Crippen LogP contribution in [0.3, 0.4) is 0 Å². The van der Waals surface area contributed by atoms with E-state index in [4.69, 9.17) is 4.43 Å². The van der Waals surface area contributed by atoms with Gasteiger partial charge in [-0.05, 0) is 18.1 Å². The van der Waals surface area contributed by atoms with Crippen LogP contribution in [0.4, 0.5) is 0 Å². The van der Waals surface area contributed by atoms with E-state index in [9.17, 15) is 4.79 Å². The molecule has 0 aromatic rings. The van der Waals surface area contributed by atoms with Crippen LogP contribution in [0.25, 0.3) is 0 Å². The fraction of sp³-hybridized carbons (Fsp3) is 0.667. The maximum absolute atomic E-state index is 11.1. The average molecular weight is 258 g/mol. The highest BCUT2D eigenvalue weighted by molar-refractivity contribution is 8.14. The largest absolute Gasteiger partial charge is 0.416 e. The van der Waals surface area contributed by atoms with Crippen molar-refractivity contribution >= 4 is 25.2 Å². The Hall–Kier alpha value is -0.283. The van der Waals surface area contributed by atoms with Crippen molar-refractivity contribution in [3.05, 3.63) is 18.4 Å². The molecule has 0 rings (SSSR count). The number of thioether (sulfide) groups is 1. The maximum atomic E-state index is 11.1. The van der Waals surface area contributed by atoms with E-state index in [1.807, 2.05) is 0 Å². The van der Waals surface area contributed by atoms with Gasteiger partial charge in [-0.3, -0.25) is 4.79 Å². The van der Waals surface area contributed by atoms with Crippen molar-refractivity contribution in [3.8, 4) is 0 Å². The van der Waals surface area contributed by atoms with E-state index in [2.05, 4.69) is 46.2 Å². The van der Waals surface area contributed by atoms with Crippen LogP contribution in [-0.2, 0) is 9.22 Å². The first kappa shape index (κ1) is 15.7. The van der Waals surface area contributed by atoms with Gasteiger partial charge in [0, 0.05) is 18.4 Å². The highest BCUT2D eigenvalue weighted by Crippen LogP contribution is 2.36. The Labute approximate surface area is 104 Å². The number of hydrogen-bond acceptors (Lipinski definition) is 3. The third-order valence-corrected chi connectivity index (χ3v) is 8.13. The van der Waals surface area contributed by atoms with Crippen molar-refractivity contribution in [1.82, 2.24) is 0 Å².